The highest BCUT2D eigenvalue weighted by molar-refractivity contribution is 5.76. The first-order chi connectivity index (χ1) is 8.41. The lowest BCUT2D eigenvalue weighted by atomic mass is 9.82. The van der Waals surface area contributed by atoms with Gasteiger partial charge in [-0.2, -0.15) is 0 Å². The lowest BCUT2D eigenvalue weighted by molar-refractivity contribution is -0.133. The Morgan fingerprint density at radius 3 is 2.44 bits per heavy atom. The van der Waals surface area contributed by atoms with Gasteiger partial charge in [-0.25, -0.2) is 0 Å². The van der Waals surface area contributed by atoms with Gasteiger partial charge in [0.25, 0.3) is 0 Å². The molecule has 0 spiro atoms. The predicted molar refractivity (Wildman–Crippen MR) is 76.2 cm³/mol. The van der Waals surface area contributed by atoms with Gasteiger partial charge in [-0.1, -0.05) is 26.7 Å². The second kappa shape index (κ2) is 7.13. The van der Waals surface area contributed by atoms with E-state index >= 15 is 0 Å². The SMILES string of the molecule is CC(C)CC(C)N(C)C(=O)CC1CCCCC1N. The monoisotopic (exact) mass is 254 g/mol. The van der Waals surface area contributed by atoms with E-state index in [0.717, 1.165) is 19.3 Å². The van der Waals surface area contributed by atoms with Crippen LogP contribution in [0.1, 0.15) is 59.3 Å². The fraction of sp³-hybridized carbons (Fsp3) is 0.933. The average Bonchev–Trinajstić information content (AvgIpc) is 2.30. The number of amides is 1. The molecule has 3 unspecified atom stereocenters. The molecule has 1 fully saturated rings. The highest BCUT2D eigenvalue weighted by atomic mass is 16.2. The summed E-state index contributed by atoms with van der Waals surface area (Å²) < 4.78 is 0. The maximum Gasteiger partial charge on any atom is 0.222 e. The van der Waals surface area contributed by atoms with Gasteiger partial charge >= 0.3 is 0 Å². The Balaban J connectivity index is 2.43. The van der Waals surface area contributed by atoms with Gasteiger partial charge in [0.1, 0.15) is 0 Å². The maximum atomic E-state index is 12.3. The summed E-state index contributed by atoms with van der Waals surface area (Å²) in [6.07, 6.45) is 6.38. The highest BCUT2D eigenvalue weighted by Gasteiger charge is 2.26. The Bertz CT molecular complexity index is 265. The first-order valence-corrected chi connectivity index (χ1v) is 7.43. The number of carbonyl (C=O) groups is 1. The van der Waals surface area contributed by atoms with Crippen LogP contribution in [-0.4, -0.2) is 29.9 Å². The molecule has 3 atom stereocenters. The van der Waals surface area contributed by atoms with E-state index in [0.29, 0.717) is 24.3 Å². The number of nitrogens with two attached hydrogens (primary N) is 1. The van der Waals surface area contributed by atoms with Gasteiger partial charge in [0, 0.05) is 25.6 Å². The quantitative estimate of drug-likeness (QED) is 0.820. The molecule has 1 amide bonds. The molecule has 18 heavy (non-hydrogen) atoms. The Morgan fingerprint density at radius 2 is 1.89 bits per heavy atom. The second-order valence-electron chi connectivity index (χ2n) is 6.40. The Labute approximate surface area is 112 Å². The van der Waals surface area contributed by atoms with Crippen molar-refractivity contribution in [3.63, 3.8) is 0 Å². The number of carbonyl (C=O) groups excluding carboxylic acids is 1. The van der Waals surface area contributed by atoms with Crippen molar-refractivity contribution in [2.75, 3.05) is 7.05 Å². The molecule has 1 aliphatic carbocycles. The minimum atomic E-state index is 0.233. The Morgan fingerprint density at radius 1 is 1.28 bits per heavy atom. The smallest absolute Gasteiger partial charge is 0.222 e. The molecular weight excluding hydrogens is 224 g/mol. The molecule has 2 N–H and O–H groups in total. The molecule has 0 aliphatic heterocycles. The first kappa shape index (κ1) is 15.5. The van der Waals surface area contributed by atoms with Crippen LogP contribution in [0, 0.1) is 11.8 Å². The van der Waals surface area contributed by atoms with Gasteiger partial charge in [-0.15, -0.1) is 0 Å². The topological polar surface area (TPSA) is 46.3 Å². The van der Waals surface area contributed by atoms with Crippen molar-refractivity contribution >= 4 is 5.91 Å². The third-order valence-electron chi connectivity index (χ3n) is 4.27. The molecule has 1 rings (SSSR count). The molecule has 0 saturated heterocycles. The minimum absolute atomic E-state index is 0.233. The van der Waals surface area contributed by atoms with Gasteiger partial charge in [-0.05, 0) is 38.0 Å². The number of nitrogens with zero attached hydrogens (tertiary/aromatic N) is 1. The van der Waals surface area contributed by atoms with Gasteiger partial charge in [0.2, 0.25) is 5.91 Å². The number of hydrogen-bond donors (Lipinski definition) is 1. The molecule has 1 aliphatic rings. The van der Waals surface area contributed by atoms with Crippen molar-refractivity contribution in [2.24, 2.45) is 17.6 Å². The lowest BCUT2D eigenvalue weighted by Gasteiger charge is -2.32. The van der Waals surface area contributed by atoms with E-state index in [9.17, 15) is 4.79 Å². The van der Waals surface area contributed by atoms with Crippen molar-refractivity contribution < 1.29 is 4.79 Å². The summed E-state index contributed by atoms with van der Waals surface area (Å²) in [5.74, 6) is 1.30. The standard InChI is InChI=1S/C15H30N2O/c1-11(2)9-12(3)17(4)15(18)10-13-7-5-6-8-14(13)16/h11-14H,5-10,16H2,1-4H3. The zero-order valence-electron chi connectivity index (χ0n) is 12.5. The lowest BCUT2D eigenvalue weighted by Crippen LogP contribution is -2.40. The van der Waals surface area contributed by atoms with Gasteiger partial charge in [-0.3, -0.25) is 4.79 Å². The summed E-state index contributed by atoms with van der Waals surface area (Å²) in [5.41, 5.74) is 6.11. The van der Waals surface area contributed by atoms with Gasteiger partial charge in [0.15, 0.2) is 0 Å². The van der Waals surface area contributed by atoms with Crippen LogP contribution in [0.2, 0.25) is 0 Å². The van der Waals surface area contributed by atoms with Crippen LogP contribution in [0.15, 0.2) is 0 Å². The molecular formula is C15H30N2O. The average molecular weight is 254 g/mol. The molecule has 0 radical (unpaired) electrons. The molecule has 3 heteroatoms. The van der Waals surface area contributed by atoms with Gasteiger partial charge in [0.05, 0.1) is 0 Å². The van der Waals surface area contributed by atoms with Crippen molar-refractivity contribution in [2.45, 2.75) is 71.4 Å². The summed E-state index contributed by atoms with van der Waals surface area (Å²) in [7, 11) is 1.93. The Kier molecular flexibility index (Phi) is 6.13. The van der Waals surface area contributed by atoms with Crippen LogP contribution in [-0.2, 0) is 4.79 Å². The second-order valence-corrected chi connectivity index (χ2v) is 6.40. The zero-order chi connectivity index (χ0) is 13.7. The van der Waals surface area contributed by atoms with Crippen LogP contribution in [0.5, 0.6) is 0 Å². The van der Waals surface area contributed by atoms with Gasteiger partial charge < -0.3 is 10.6 Å². The van der Waals surface area contributed by atoms with Crippen molar-refractivity contribution in [1.82, 2.24) is 4.90 Å². The first-order valence-electron chi connectivity index (χ1n) is 7.43. The molecule has 0 aromatic heterocycles. The summed E-state index contributed by atoms with van der Waals surface area (Å²) in [6, 6.07) is 0.564. The van der Waals surface area contributed by atoms with E-state index in [1.165, 1.54) is 12.8 Å². The molecule has 0 bridgehead atoms. The summed E-state index contributed by atoms with van der Waals surface area (Å²) >= 11 is 0. The maximum absolute atomic E-state index is 12.3. The molecule has 3 nitrogen and oxygen atoms in total. The molecule has 0 aromatic carbocycles. The summed E-state index contributed by atoms with van der Waals surface area (Å²) in [6.45, 7) is 6.54. The number of rotatable bonds is 5. The number of hydrogen-bond acceptors (Lipinski definition) is 2. The minimum Gasteiger partial charge on any atom is -0.343 e. The van der Waals surface area contributed by atoms with Crippen LogP contribution in [0.4, 0.5) is 0 Å². The predicted octanol–water partition coefficient (Wildman–Crippen LogP) is 2.79. The molecule has 106 valence electrons. The fourth-order valence-electron chi connectivity index (χ4n) is 2.94. The Hall–Kier alpha value is -0.570. The van der Waals surface area contributed by atoms with E-state index in [1.54, 1.807) is 0 Å². The van der Waals surface area contributed by atoms with E-state index in [-0.39, 0.29) is 11.9 Å². The fourth-order valence-corrected chi connectivity index (χ4v) is 2.94. The van der Waals surface area contributed by atoms with E-state index < -0.39 is 0 Å². The van der Waals surface area contributed by atoms with Crippen LogP contribution >= 0.6 is 0 Å². The van der Waals surface area contributed by atoms with Crippen molar-refractivity contribution in [1.29, 1.82) is 0 Å². The van der Waals surface area contributed by atoms with Crippen LogP contribution < -0.4 is 5.73 Å². The third kappa shape index (κ3) is 4.60. The van der Waals surface area contributed by atoms with E-state index in [1.807, 2.05) is 11.9 Å². The highest BCUT2D eigenvalue weighted by Crippen LogP contribution is 2.26. The molecule has 0 aromatic rings. The van der Waals surface area contributed by atoms with E-state index in [4.69, 9.17) is 5.73 Å². The summed E-state index contributed by atoms with van der Waals surface area (Å²) in [5, 5.41) is 0. The van der Waals surface area contributed by atoms with Crippen LogP contribution in [0.3, 0.4) is 0 Å². The zero-order valence-corrected chi connectivity index (χ0v) is 12.5. The summed E-state index contributed by atoms with van der Waals surface area (Å²) in [4.78, 5) is 14.2. The largest absolute Gasteiger partial charge is 0.343 e. The van der Waals surface area contributed by atoms with E-state index in [2.05, 4.69) is 20.8 Å². The molecule has 0 heterocycles. The van der Waals surface area contributed by atoms with Crippen molar-refractivity contribution in [3.8, 4) is 0 Å². The molecule has 1 saturated carbocycles. The normalized spacial score (nSPS) is 26.1. The van der Waals surface area contributed by atoms with Crippen LogP contribution in [0.25, 0.3) is 0 Å². The third-order valence-corrected chi connectivity index (χ3v) is 4.27. The van der Waals surface area contributed by atoms with Crippen molar-refractivity contribution in [3.05, 3.63) is 0 Å².